The van der Waals surface area contributed by atoms with Crippen molar-refractivity contribution in [1.82, 2.24) is 10.6 Å². The highest BCUT2D eigenvalue weighted by atomic mass is 16.3. The first-order valence-electron chi connectivity index (χ1n) is 13.4. The fraction of sp³-hybridized carbons (Fsp3) is 0.467. The Bertz CT molecular complexity index is 1110. The van der Waals surface area contributed by atoms with Crippen molar-refractivity contribution in [2.24, 2.45) is 11.8 Å². The van der Waals surface area contributed by atoms with Gasteiger partial charge >= 0.3 is 0 Å². The van der Waals surface area contributed by atoms with Crippen molar-refractivity contribution in [3.05, 3.63) is 71.8 Å². The summed E-state index contributed by atoms with van der Waals surface area (Å²) in [6, 6.07) is 0. The molecule has 39 heavy (non-hydrogen) atoms. The van der Waals surface area contributed by atoms with Gasteiger partial charge in [0.2, 0.25) is 11.8 Å². The van der Waals surface area contributed by atoms with E-state index in [9.17, 15) is 34.5 Å². The molecule has 212 valence electrons. The minimum Gasteiger partial charge on any atom is -0.510 e. The van der Waals surface area contributed by atoms with Crippen molar-refractivity contribution in [3.8, 4) is 0 Å². The van der Waals surface area contributed by atoms with E-state index in [0.717, 1.165) is 31.4 Å². The van der Waals surface area contributed by atoms with Crippen molar-refractivity contribution in [1.29, 1.82) is 0 Å². The van der Waals surface area contributed by atoms with Gasteiger partial charge in [0.25, 0.3) is 0 Å². The maximum absolute atomic E-state index is 12.4. The summed E-state index contributed by atoms with van der Waals surface area (Å²) in [4.78, 5) is 48.2. The second kappa shape index (κ2) is 15.1. The lowest BCUT2D eigenvalue weighted by Gasteiger charge is -2.31. The molecular formula is C30H40N2O7. The van der Waals surface area contributed by atoms with Crippen molar-refractivity contribution in [2.75, 3.05) is 0 Å². The third-order valence-corrected chi connectivity index (χ3v) is 6.60. The average Bonchev–Trinajstić information content (AvgIpc) is 3.19. The molecule has 0 aliphatic heterocycles. The van der Waals surface area contributed by atoms with E-state index in [-0.39, 0.29) is 48.1 Å². The van der Waals surface area contributed by atoms with Crippen LogP contribution in [0.5, 0.6) is 0 Å². The van der Waals surface area contributed by atoms with Crippen LogP contribution in [0.1, 0.15) is 65.7 Å². The summed E-state index contributed by atoms with van der Waals surface area (Å²) in [5, 5.41) is 35.6. The lowest BCUT2D eigenvalue weighted by Crippen LogP contribution is -2.46. The van der Waals surface area contributed by atoms with Gasteiger partial charge in [-0.15, -0.1) is 0 Å². The van der Waals surface area contributed by atoms with Gasteiger partial charge in [0, 0.05) is 25.3 Å². The molecule has 2 rings (SSSR count). The fourth-order valence-electron chi connectivity index (χ4n) is 4.36. The van der Waals surface area contributed by atoms with Gasteiger partial charge < -0.3 is 26.0 Å². The number of aliphatic hydroxyl groups is 3. The molecule has 0 bridgehead atoms. The Morgan fingerprint density at radius 2 is 1.74 bits per heavy atom. The number of aliphatic hydroxyl groups excluding tert-OH is 2. The molecule has 0 fully saturated rings. The van der Waals surface area contributed by atoms with E-state index >= 15 is 0 Å². The average molecular weight is 541 g/mol. The van der Waals surface area contributed by atoms with E-state index in [1.165, 1.54) is 42.9 Å². The first kappa shape index (κ1) is 31.7. The molecule has 0 heterocycles. The Kier molecular flexibility index (Phi) is 12.3. The minimum absolute atomic E-state index is 0.0896. The minimum atomic E-state index is -1.89. The van der Waals surface area contributed by atoms with E-state index in [1.807, 2.05) is 6.92 Å². The molecule has 0 saturated carbocycles. The second-order valence-electron chi connectivity index (χ2n) is 10.2. The Morgan fingerprint density at radius 3 is 2.41 bits per heavy atom. The maximum Gasteiger partial charge on any atom is 0.248 e. The molecule has 2 aliphatic rings. The number of ketones is 2. The van der Waals surface area contributed by atoms with Crippen LogP contribution >= 0.6 is 0 Å². The molecule has 0 spiro atoms. The van der Waals surface area contributed by atoms with Crippen LogP contribution in [0.3, 0.4) is 0 Å². The largest absolute Gasteiger partial charge is 0.510 e. The third-order valence-electron chi connectivity index (χ3n) is 6.60. The van der Waals surface area contributed by atoms with E-state index in [4.69, 9.17) is 0 Å². The van der Waals surface area contributed by atoms with E-state index < -0.39 is 29.3 Å². The zero-order valence-corrected chi connectivity index (χ0v) is 22.9. The predicted molar refractivity (Wildman–Crippen MR) is 148 cm³/mol. The smallest absolute Gasteiger partial charge is 0.248 e. The van der Waals surface area contributed by atoms with Crippen LogP contribution in [0.4, 0.5) is 0 Å². The van der Waals surface area contributed by atoms with E-state index in [2.05, 4.69) is 24.5 Å². The van der Waals surface area contributed by atoms with Gasteiger partial charge in [-0.25, -0.2) is 0 Å². The van der Waals surface area contributed by atoms with E-state index in [0.29, 0.717) is 5.92 Å². The lowest BCUT2D eigenvalue weighted by atomic mass is 9.85. The number of allylic oxidation sites excluding steroid dienone is 8. The zero-order chi connectivity index (χ0) is 29.0. The quantitative estimate of drug-likeness (QED) is 0.177. The Morgan fingerprint density at radius 1 is 1.05 bits per heavy atom. The second-order valence-corrected chi connectivity index (χ2v) is 10.2. The summed E-state index contributed by atoms with van der Waals surface area (Å²) >= 11 is 0. The molecule has 0 aromatic heterocycles. The molecule has 2 unspecified atom stereocenters. The monoisotopic (exact) mass is 540 g/mol. The summed E-state index contributed by atoms with van der Waals surface area (Å²) in [7, 11) is 0. The highest BCUT2D eigenvalue weighted by Gasteiger charge is 2.38. The molecule has 0 aromatic carbocycles. The summed E-state index contributed by atoms with van der Waals surface area (Å²) in [5.41, 5.74) is -2.07. The van der Waals surface area contributed by atoms with Gasteiger partial charge in [-0.1, -0.05) is 70.4 Å². The normalized spacial score (nSPS) is 23.8. The Labute approximate surface area is 229 Å². The number of amides is 2. The number of nitrogens with one attached hydrogen (secondary N) is 2. The lowest BCUT2D eigenvalue weighted by molar-refractivity contribution is -0.124. The van der Waals surface area contributed by atoms with Crippen LogP contribution in [0.2, 0.25) is 0 Å². The van der Waals surface area contributed by atoms with Gasteiger partial charge in [-0.2, -0.15) is 0 Å². The number of unbranched alkanes of at least 4 members (excludes halogenated alkanes) is 1. The molecule has 2 amide bonds. The van der Waals surface area contributed by atoms with Gasteiger partial charge in [-0.3, -0.25) is 19.2 Å². The fourth-order valence-corrected chi connectivity index (χ4v) is 4.36. The molecular weight excluding hydrogens is 500 g/mol. The number of hydrogen-bond acceptors (Lipinski definition) is 7. The molecule has 9 heteroatoms. The molecule has 0 radical (unpaired) electrons. The molecule has 5 N–H and O–H groups in total. The van der Waals surface area contributed by atoms with Crippen molar-refractivity contribution in [3.63, 3.8) is 0 Å². The molecule has 0 aromatic rings. The highest BCUT2D eigenvalue weighted by molar-refractivity contribution is 6.03. The number of carbonyl (C=O) groups excluding carboxylic acids is 4. The van der Waals surface area contributed by atoms with Crippen LogP contribution < -0.4 is 10.6 Å². The molecule has 2 aliphatic carbocycles. The maximum atomic E-state index is 12.4. The van der Waals surface area contributed by atoms with Gasteiger partial charge in [-0.05, 0) is 36.5 Å². The SMILES string of the molecule is CCCCC(C)CC(C)/C=C/C(=O)NC1=C[C@@](O)(/C=C/C=C/C=C/C(=O)NC2=C(O)CCC2=O)[C@H](O)CC1=O. The van der Waals surface area contributed by atoms with Crippen LogP contribution in [0.25, 0.3) is 0 Å². The van der Waals surface area contributed by atoms with Crippen molar-refractivity contribution in [2.45, 2.75) is 77.4 Å². The highest BCUT2D eigenvalue weighted by Crippen LogP contribution is 2.26. The first-order chi connectivity index (χ1) is 18.4. The van der Waals surface area contributed by atoms with E-state index in [1.54, 1.807) is 6.08 Å². The molecule has 0 saturated heterocycles. The van der Waals surface area contributed by atoms with Gasteiger partial charge in [0.1, 0.15) is 17.1 Å². The zero-order valence-electron chi connectivity index (χ0n) is 22.9. The van der Waals surface area contributed by atoms with Gasteiger partial charge in [0.15, 0.2) is 11.6 Å². The van der Waals surface area contributed by atoms with Crippen molar-refractivity contribution >= 4 is 23.4 Å². The number of rotatable bonds is 13. The summed E-state index contributed by atoms with van der Waals surface area (Å²) < 4.78 is 0. The topological polar surface area (TPSA) is 153 Å². The van der Waals surface area contributed by atoms with Crippen LogP contribution in [-0.4, -0.2) is 50.4 Å². The van der Waals surface area contributed by atoms with Gasteiger partial charge in [0.05, 0.1) is 11.8 Å². The summed E-state index contributed by atoms with van der Waals surface area (Å²) in [6.45, 7) is 6.38. The summed E-state index contributed by atoms with van der Waals surface area (Å²) in [5.74, 6) is -1.28. The number of carbonyl (C=O) groups is 4. The Hall–Kier alpha value is -3.56. The Balaban J connectivity index is 1.94. The molecule has 9 nitrogen and oxygen atoms in total. The predicted octanol–water partition coefficient (Wildman–Crippen LogP) is 3.38. The molecule has 4 atom stereocenters. The first-order valence-corrected chi connectivity index (χ1v) is 13.4. The number of Topliss-reactive ketones (excluding diaryl/α,β-unsaturated/α-hetero) is 2. The van der Waals surface area contributed by atoms with Crippen LogP contribution in [0.15, 0.2) is 71.8 Å². The summed E-state index contributed by atoms with van der Waals surface area (Å²) in [6.07, 6.45) is 15.5. The standard InChI is InChI=1S/C30H40N2O7/c1-4-5-10-20(2)17-21(3)12-15-28(38)31-22-19-30(39,26(36)18-25(22)35)16-9-7-6-8-11-27(37)32-29-23(33)13-14-24(29)34/h6-9,11-12,15-16,19-21,26,33,36,39H,4-5,10,13-14,17-18H2,1-3H3,(H,31,38)(H,32,37)/b7-6+,11-8+,15-12+,16-9+/t20?,21?,26-,30+/m1/s1. The van der Waals surface area contributed by atoms with Crippen LogP contribution in [0, 0.1) is 11.8 Å². The van der Waals surface area contributed by atoms with Crippen molar-refractivity contribution < 1.29 is 34.5 Å². The third kappa shape index (κ3) is 10.3. The van der Waals surface area contributed by atoms with Crippen LogP contribution in [-0.2, 0) is 19.2 Å². The number of hydrogen-bond donors (Lipinski definition) is 5.